The van der Waals surface area contributed by atoms with Crippen LogP contribution in [0.5, 0.6) is 0 Å². The monoisotopic (exact) mass is 440 g/mol. The number of amides is 2. The zero-order chi connectivity index (χ0) is 23.4. The van der Waals surface area contributed by atoms with Gasteiger partial charge in [-0.15, -0.1) is 0 Å². The molecule has 8 heteroatoms. The summed E-state index contributed by atoms with van der Waals surface area (Å²) < 4.78 is 14.9. The highest BCUT2D eigenvalue weighted by Gasteiger charge is 2.51. The summed E-state index contributed by atoms with van der Waals surface area (Å²) in [7, 11) is 0. The number of hydrogen-bond donors (Lipinski definition) is 3. The summed E-state index contributed by atoms with van der Waals surface area (Å²) >= 11 is 0. The first-order valence-electron chi connectivity index (χ1n) is 10.4. The highest BCUT2D eigenvalue weighted by Crippen LogP contribution is 2.42. The summed E-state index contributed by atoms with van der Waals surface area (Å²) in [6.07, 6.45) is 1.35. The lowest BCUT2D eigenvalue weighted by Crippen LogP contribution is -2.48. The van der Waals surface area contributed by atoms with Crippen LogP contribution in [0.25, 0.3) is 5.76 Å². The normalized spacial score (nSPS) is 18.6. The fourth-order valence-electron chi connectivity index (χ4n) is 3.91. The van der Waals surface area contributed by atoms with Gasteiger partial charge in [0.25, 0.3) is 17.6 Å². The first kappa shape index (κ1) is 23.1. The van der Waals surface area contributed by atoms with Crippen LogP contribution < -0.4 is 5.48 Å². The fraction of sp³-hybridized carbons (Fsp3) is 0.292. The molecule has 3 rings (SSSR count). The summed E-state index contributed by atoms with van der Waals surface area (Å²) in [6, 6.07) is 9.64. The lowest BCUT2D eigenvalue weighted by atomic mass is 9.93. The van der Waals surface area contributed by atoms with E-state index in [-0.39, 0.29) is 23.1 Å². The van der Waals surface area contributed by atoms with E-state index >= 15 is 0 Å². The Morgan fingerprint density at radius 1 is 1.16 bits per heavy atom. The maximum atomic E-state index is 14.9. The number of carbonyl (C=O) groups is 3. The molecule has 1 heterocycles. The van der Waals surface area contributed by atoms with Crippen LogP contribution in [0.15, 0.2) is 54.1 Å². The number of likely N-dealkylation sites (tertiary alicyclic amines) is 1. The van der Waals surface area contributed by atoms with Crippen molar-refractivity contribution in [3.8, 4) is 0 Å². The number of aryl methyl sites for hydroxylation is 1. The van der Waals surface area contributed by atoms with Crippen LogP contribution in [0.2, 0.25) is 0 Å². The molecule has 32 heavy (non-hydrogen) atoms. The molecule has 0 aliphatic carbocycles. The second kappa shape index (κ2) is 9.74. The number of halogens is 1. The van der Waals surface area contributed by atoms with Gasteiger partial charge in [0, 0.05) is 11.1 Å². The Labute approximate surface area is 185 Å². The van der Waals surface area contributed by atoms with E-state index in [4.69, 9.17) is 0 Å². The van der Waals surface area contributed by atoms with Crippen molar-refractivity contribution in [2.45, 2.75) is 45.2 Å². The number of aliphatic hydroxyl groups is 1. The van der Waals surface area contributed by atoms with Crippen LogP contribution in [-0.2, 0) is 14.4 Å². The Hall–Kier alpha value is -3.52. The number of nitrogens with zero attached hydrogens (tertiary/aromatic N) is 1. The average molecular weight is 440 g/mol. The number of rotatable bonds is 7. The third-order valence-electron chi connectivity index (χ3n) is 5.58. The molecule has 2 unspecified atom stereocenters. The number of hydrogen-bond acceptors (Lipinski definition) is 5. The van der Waals surface area contributed by atoms with Gasteiger partial charge in [-0.2, -0.15) is 0 Å². The van der Waals surface area contributed by atoms with Gasteiger partial charge >= 0.3 is 0 Å². The molecule has 2 aromatic rings. The number of carbonyl (C=O) groups excluding carboxylic acids is 3. The average Bonchev–Trinajstić information content (AvgIpc) is 3.04. The summed E-state index contributed by atoms with van der Waals surface area (Å²) in [4.78, 5) is 39.6. The molecule has 2 atom stereocenters. The van der Waals surface area contributed by atoms with Crippen LogP contribution in [-0.4, -0.2) is 38.9 Å². The number of hydroxylamine groups is 1. The van der Waals surface area contributed by atoms with E-state index in [0.717, 1.165) is 10.5 Å². The molecule has 1 aliphatic heterocycles. The van der Waals surface area contributed by atoms with Crippen LogP contribution >= 0.6 is 0 Å². The highest BCUT2D eigenvalue weighted by molar-refractivity contribution is 6.47. The molecule has 0 radical (unpaired) electrons. The Morgan fingerprint density at radius 2 is 1.81 bits per heavy atom. The van der Waals surface area contributed by atoms with Crippen molar-refractivity contribution in [2.75, 3.05) is 0 Å². The summed E-state index contributed by atoms with van der Waals surface area (Å²) in [6.45, 7) is 3.74. The highest BCUT2D eigenvalue weighted by atomic mass is 19.1. The molecule has 3 N–H and O–H groups in total. The van der Waals surface area contributed by atoms with Gasteiger partial charge in [-0.05, 0) is 19.4 Å². The second-order valence-corrected chi connectivity index (χ2v) is 7.73. The van der Waals surface area contributed by atoms with Crippen molar-refractivity contribution in [1.82, 2.24) is 10.4 Å². The molecule has 2 amide bonds. The van der Waals surface area contributed by atoms with Gasteiger partial charge in [-0.1, -0.05) is 67.8 Å². The van der Waals surface area contributed by atoms with Crippen molar-refractivity contribution in [3.63, 3.8) is 0 Å². The van der Waals surface area contributed by atoms with E-state index in [9.17, 15) is 29.1 Å². The smallest absolute Gasteiger partial charge is 0.296 e. The largest absolute Gasteiger partial charge is 0.507 e. The molecule has 0 spiro atoms. The van der Waals surface area contributed by atoms with Crippen molar-refractivity contribution in [3.05, 3.63) is 76.6 Å². The third kappa shape index (κ3) is 4.27. The SMILES string of the molecule is CCCCC(C(=O)NO)N1C(=O)C(=O)C(=C(O)c2ccc(C)cc2)C1c1ccccc1F. The summed E-state index contributed by atoms with van der Waals surface area (Å²) in [5.74, 6) is -4.12. The van der Waals surface area contributed by atoms with E-state index in [1.165, 1.54) is 29.7 Å². The Balaban J connectivity index is 2.25. The fourth-order valence-corrected chi connectivity index (χ4v) is 3.91. The van der Waals surface area contributed by atoms with Gasteiger partial charge < -0.3 is 10.0 Å². The van der Waals surface area contributed by atoms with Crippen molar-refractivity contribution in [2.24, 2.45) is 0 Å². The number of ketones is 1. The van der Waals surface area contributed by atoms with Crippen LogP contribution in [0.1, 0.15) is 48.9 Å². The topological polar surface area (TPSA) is 107 Å². The van der Waals surface area contributed by atoms with Gasteiger partial charge in [-0.25, -0.2) is 9.87 Å². The Morgan fingerprint density at radius 3 is 2.41 bits per heavy atom. The molecular weight excluding hydrogens is 415 g/mol. The molecular formula is C24H25FN2O5. The number of Topliss-reactive ketones (excluding diaryl/α,β-unsaturated/α-hetero) is 1. The maximum absolute atomic E-state index is 14.9. The maximum Gasteiger partial charge on any atom is 0.296 e. The van der Waals surface area contributed by atoms with Crippen LogP contribution in [0.3, 0.4) is 0 Å². The number of benzene rings is 2. The van der Waals surface area contributed by atoms with Crippen LogP contribution in [0, 0.1) is 12.7 Å². The van der Waals surface area contributed by atoms with Gasteiger partial charge in [0.2, 0.25) is 0 Å². The number of aliphatic hydroxyl groups excluding tert-OH is 1. The lowest BCUT2D eigenvalue weighted by Gasteiger charge is -2.32. The summed E-state index contributed by atoms with van der Waals surface area (Å²) in [5.41, 5.74) is 2.40. The molecule has 1 saturated heterocycles. The number of nitrogens with one attached hydrogen (secondary N) is 1. The standard InChI is InChI=1S/C24H25FN2O5/c1-3-4-9-18(23(30)26-32)27-20(16-7-5-6-8-17(16)25)19(22(29)24(27)31)21(28)15-12-10-14(2)11-13-15/h5-8,10-13,18,20,28,32H,3-4,9H2,1-2H3,(H,26,30). The van der Waals surface area contributed by atoms with E-state index in [2.05, 4.69) is 0 Å². The molecule has 2 aromatic carbocycles. The third-order valence-corrected chi connectivity index (χ3v) is 5.58. The molecule has 1 aliphatic rings. The van der Waals surface area contributed by atoms with Crippen LogP contribution in [0.4, 0.5) is 4.39 Å². The van der Waals surface area contributed by atoms with E-state index in [0.29, 0.717) is 12.8 Å². The minimum atomic E-state index is -1.34. The zero-order valence-corrected chi connectivity index (χ0v) is 17.8. The summed E-state index contributed by atoms with van der Waals surface area (Å²) in [5, 5.41) is 20.3. The first-order chi connectivity index (χ1) is 15.3. The minimum absolute atomic E-state index is 0.0346. The first-order valence-corrected chi connectivity index (χ1v) is 10.4. The Kier molecular flexibility index (Phi) is 7.05. The molecule has 0 aromatic heterocycles. The van der Waals surface area contributed by atoms with E-state index in [1.807, 2.05) is 13.8 Å². The molecule has 7 nitrogen and oxygen atoms in total. The predicted octanol–water partition coefficient (Wildman–Crippen LogP) is 3.62. The van der Waals surface area contributed by atoms with Gasteiger partial charge in [0.05, 0.1) is 11.6 Å². The van der Waals surface area contributed by atoms with E-state index in [1.54, 1.807) is 24.3 Å². The van der Waals surface area contributed by atoms with Gasteiger partial charge in [0.15, 0.2) is 0 Å². The van der Waals surface area contributed by atoms with Crippen molar-refractivity contribution in [1.29, 1.82) is 0 Å². The quantitative estimate of drug-likeness (QED) is 0.200. The lowest BCUT2D eigenvalue weighted by molar-refractivity contribution is -0.147. The molecule has 0 bridgehead atoms. The molecule has 0 saturated carbocycles. The van der Waals surface area contributed by atoms with Gasteiger partial charge in [0.1, 0.15) is 17.6 Å². The molecule has 168 valence electrons. The molecule has 1 fully saturated rings. The Bertz CT molecular complexity index is 1060. The van der Waals surface area contributed by atoms with Crippen molar-refractivity contribution >= 4 is 23.4 Å². The minimum Gasteiger partial charge on any atom is -0.507 e. The van der Waals surface area contributed by atoms with E-state index < -0.39 is 41.3 Å². The zero-order valence-electron chi connectivity index (χ0n) is 17.8. The van der Waals surface area contributed by atoms with Crippen molar-refractivity contribution < 1.29 is 29.1 Å². The second-order valence-electron chi connectivity index (χ2n) is 7.73. The predicted molar refractivity (Wildman–Crippen MR) is 115 cm³/mol. The number of unbranched alkanes of at least 4 members (excludes halogenated alkanes) is 1. The van der Waals surface area contributed by atoms with Gasteiger partial charge in [-0.3, -0.25) is 19.6 Å².